The molecule has 0 aliphatic rings. The Morgan fingerprint density at radius 3 is 2.63 bits per heavy atom. The molecule has 0 saturated heterocycles. The van der Waals surface area contributed by atoms with Crippen LogP contribution in [0.3, 0.4) is 0 Å². The number of halogens is 1. The Morgan fingerprint density at radius 2 is 1.93 bits per heavy atom. The molecule has 138 valence electrons. The smallest absolute Gasteiger partial charge is 0.228 e. The molecular formula is C21H21FN4O. The molecule has 0 saturated carbocycles. The van der Waals surface area contributed by atoms with Crippen LogP contribution in [-0.2, 0) is 17.6 Å². The summed E-state index contributed by atoms with van der Waals surface area (Å²) in [7, 11) is 1.98. The van der Waals surface area contributed by atoms with Gasteiger partial charge < -0.3 is 10.2 Å². The molecule has 0 bridgehead atoms. The minimum absolute atomic E-state index is 0.116. The third-order valence-corrected chi connectivity index (χ3v) is 4.16. The topological polar surface area (TPSA) is 58.1 Å². The second-order valence-electron chi connectivity index (χ2n) is 6.29. The second-order valence-corrected chi connectivity index (χ2v) is 6.29. The predicted molar refractivity (Wildman–Crippen MR) is 104 cm³/mol. The molecule has 2 aromatic heterocycles. The predicted octanol–water partition coefficient (Wildman–Crippen LogP) is 3.48. The van der Waals surface area contributed by atoms with Crippen LogP contribution in [0.4, 0.5) is 15.9 Å². The maximum absolute atomic E-state index is 13.2. The summed E-state index contributed by atoms with van der Waals surface area (Å²) >= 11 is 0. The van der Waals surface area contributed by atoms with E-state index in [9.17, 15) is 9.18 Å². The van der Waals surface area contributed by atoms with Gasteiger partial charge in [-0.1, -0.05) is 12.1 Å². The van der Waals surface area contributed by atoms with Crippen molar-refractivity contribution in [2.24, 2.45) is 0 Å². The number of amides is 1. The number of pyridine rings is 2. The van der Waals surface area contributed by atoms with Crippen LogP contribution in [-0.4, -0.2) is 29.5 Å². The van der Waals surface area contributed by atoms with Crippen LogP contribution in [0.5, 0.6) is 0 Å². The molecular weight excluding hydrogens is 343 g/mol. The molecule has 0 atom stereocenters. The highest BCUT2D eigenvalue weighted by Crippen LogP contribution is 2.14. The molecule has 0 radical (unpaired) electrons. The molecule has 1 aromatic carbocycles. The zero-order valence-electron chi connectivity index (χ0n) is 15.1. The van der Waals surface area contributed by atoms with Crippen LogP contribution in [0.1, 0.15) is 11.1 Å². The van der Waals surface area contributed by atoms with E-state index in [0.717, 1.165) is 18.8 Å². The van der Waals surface area contributed by atoms with E-state index in [-0.39, 0.29) is 18.1 Å². The summed E-state index contributed by atoms with van der Waals surface area (Å²) < 4.78 is 13.2. The van der Waals surface area contributed by atoms with Gasteiger partial charge in [-0.2, -0.15) is 0 Å². The Balaban J connectivity index is 1.52. The molecule has 0 spiro atoms. The molecule has 1 N–H and O–H groups in total. The van der Waals surface area contributed by atoms with Gasteiger partial charge in [-0.15, -0.1) is 0 Å². The largest absolute Gasteiger partial charge is 0.359 e. The first kappa shape index (κ1) is 18.5. The van der Waals surface area contributed by atoms with Crippen LogP contribution in [0.2, 0.25) is 0 Å². The zero-order valence-corrected chi connectivity index (χ0v) is 15.1. The Bertz CT molecular complexity index is 884. The molecule has 27 heavy (non-hydrogen) atoms. The average Bonchev–Trinajstić information content (AvgIpc) is 2.67. The van der Waals surface area contributed by atoms with Crippen molar-refractivity contribution in [1.82, 2.24) is 9.97 Å². The van der Waals surface area contributed by atoms with E-state index in [2.05, 4.69) is 20.2 Å². The number of nitrogens with one attached hydrogen (secondary N) is 1. The Hall–Kier alpha value is -3.28. The van der Waals surface area contributed by atoms with Crippen LogP contribution >= 0.6 is 0 Å². The maximum Gasteiger partial charge on any atom is 0.228 e. The van der Waals surface area contributed by atoms with E-state index in [1.165, 1.54) is 17.7 Å². The molecule has 3 aromatic rings. The van der Waals surface area contributed by atoms with Gasteiger partial charge in [0.05, 0.1) is 18.3 Å². The van der Waals surface area contributed by atoms with Gasteiger partial charge in [-0.3, -0.25) is 9.78 Å². The number of carbonyl (C=O) groups excluding carboxylic acids is 1. The quantitative estimate of drug-likeness (QED) is 0.697. The monoisotopic (exact) mass is 364 g/mol. The normalized spacial score (nSPS) is 10.4. The van der Waals surface area contributed by atoms with Gasteiger partial charge in [0.25, 0.3) is 0 Å². The van der Waals surface area contributed by atoms with E-state index in [1.54, 1.807) is 30.7 Å². The van der Waals surface area contributed by atoms with Crippen LogP contribution < -0.4 is 10.2 Å². The van der Waals surface area contributed by atoms with Crippen molar-refractivity contribution in [3.63, 3.8) is 0 Å². The minimum Gasteiger partial charge on any atom is -0.359 e. The molecule has 5 nitrogen and oxygen atoms in total. The van der Waals surface area contributed by atoms with E-state index in [4.69, 9.17) is 0 Å². The van der Waals surface area contributed by atoms with Crippen molar-refractivity contribution in [3.8, 4) is 0 Å². The lowest BCUT2D eigenvalue weighted by Crippen LogP contribution is -2.21. The fraction of sp³-hybridized carbons (Fsp3) is 0.190. The van der Waals surface area contributed by atoms with Gasteiger partial charge in [0.1, 0.15) is 11.6 Å². The number of likely N-dealkylation sites (N-methyl/N-ethyl adjacent to an activating group) is 1. The first-order valence-electron chi connectivity index (χ1n) is 8.70. The van der Waals surface area contributed by atoms with E-state index in [0.29, 0.717) is 11.3 Å². The fourth-order valence-electron chi connectivity index (χ4n) is 2.68. The maximum atomic E-state index is 13.2. The number of nitrogens with zero attached hydrogens (tertiary/aromatic N) is 3. The van der Waals surface area contributed by atoms with Crippen molar-refractivity contribution in [1.29, 1.82) is 0 Å². The minimum atomic E-state index is -0.346. The first-order valence-corrected chi connectivity index (χ1v) is 8.70. The summed E-state index contributed by atoms with van der Waals surface area (Å²) in [5.41, 5.74) is 2.47. The summed E-state index contributed by atoms with van der Waals surface area (Å²) in [5, 5.41) is 2.78. The average molecular weight is 364 g/mol. The van der Waals surface area contributed by atoms with Crippen molar-refractivity contribution in [2.75, 3.05) is 23.8 Å². The molecule has 3 rings (SSSR count). The third-order valence-electron chi connectivity index (χ3n) is 4.16. The molecule has 2 heterocycles. The molecule has 6 heteroatoms. The van der Waals surface area contributed by atoms with E-state index >= 15 is 0 Å². The van der Waals surface area contributed by atoms with Crippen LogP contribution in [0, 0.1) is 5.82 Å². The summed E-state index contributed by atoms with van der Waals surface area (Å²) in [6.45, 7) is 0.822. The first-order chi connectivity index (χ1) is 13.1. The number of hydrogen-bond acceptors (Lipinski definition) is 4. The van der Waals surface area contributed by atoms with Crippen molar-refractivity contribution in [3.05, 3.63) is 84.1 Å². The van der Waals surface area contributed by atoms with Gasteiger partial charge >= 0.3 is 0 Å². The number of rotatable bonds is 7. The van der Waals surface area contributed by atoms with Gasteiger partial charge in [-0.25, -0.2) is 9.37 Å². The van der Waals surface area contributed by atoms with Crippen LogP contribution in [0.15, 0.2) is 67.1 Å². The SMILES string of the molecule is CN(CCc1ccncc1)c1ccc(NC(=O)Cc2cccc(F)c2)cn1. The summed E-state index contributed by atoms with van der Waals surface area (Å²) in [6.07, 6.45) is 6.21. The number of hydrogen-bond donors (Lipinski definition) is 1. The summed E-state index contributed by atoms with van der Waals surface area (Å²) in [6, 6.07) is 13.7. The Morgan fingerprint density at radius 1 is 1.11 bits per heavy atom. The lowest BCUT2D eigenvalue weighted by atomic mass is 10.1. The Kier molecular flexibility index (Phi) is 6.10. The van der Waals surface area contributed by atoms with Crippen LogP contribution in [0.25, 0.3) is 0 Å². The number of anilines is 2. The molecule has 1 amide bonds. The standard InChI is InChI=1S/C21H21FN4O/c1-26(12-9-16-7-10-23-11-8-16)20-6-5-19(15-24-20)25-21(27)14-17-3-2-4-18(22)13-17/h2-8,10-11,13,15H,9,12,14H2,1H3,(H,25,27). The highest BCUT2D eigenvalue weighted by molar-refractivity contribution is 5.92. The van der Waals surface area contributed by atoms with Crippen molar-refractivity contribution >= 4 is 17.4 Å². The molecule has 0 aliphatic heterocycles. The lowest BCUT2D eigenvalue weighted by molar-refractivity contribution is -0.115. The highest BCUT2D eigenvalue weighted by atomic mass is 19.1. The van der Waals surface area contributed by atoms with E-state index < -0.39 is 0 Å². The number of aromatic nitrogens is 2. The second kappa shape index (κ2) is 8.89. The van der Waals surface area contributed by atoms with Gasteiger partial charge in [-0.05, 0) is 53.9 Å². The summed E-state index contributed by atoms with van der Waals surface area (Å²) in [5.74, 6) is 0.273. The number of carbonyl (C=O) groups is 1. The molecule has 0 fully saturated rings. The third kappa shape index (κ3) is 5.60. The van der Waals surface area contributed by atoms with Crippen molar-refractivity contribution in [2.45, 2.75) is 12.8 Å². The summed E-state index contributed by atoms with van der Waals surface area (Å²) in [4.78, 5) is 22.6. The fourth-order valence-corrected chi connectivity index (χ4v) is 2.68. The molecule has 0 unspecified atom stereocenters. The van der Waals surface area contributed by atoms with Gasteiger partial charge in [0, 0.05) is 26.0 Å². The van der Waals surface area contributed by atoms with Crippen molar-refractivity contribution < 1.29 is 9.18 Å². The van der Waals surface area contributed by atoms with Gasteiger partial charge in [0.15, 0.2) is 0 Å². The molecule has 0 aliphatic carbocycles. The van der Waals surface area contributed by atoms with Gasteiger partial charge in [0.2, 0.25) is 5.91 Å². The lowest BCUT2D eigenvalue weighted by Gasteiger charge is -2.18. The zero-order chi connectivity index (χ0) is 19.1. The highest BCUT2D eigenvalue weighted by Gasteiger charge is 2.07. The van der Waals surface area contributed by atoms with E-state index in [1.807, 2.05) is 31.3 Å². The number of benzene rings is 1. The Labute approximate surface area is 157 Å².